The zero-order valence-electron chi connectivity index (χ0n) is 13.9. The lowest BCUT2D eigenvalue weighted by atomic mass is 10.0. The molecule has 1 aliphatic rings. The number of rotatable bonds is 8. The Bertz CT molecular complexity index is 484. The van der Waals surface area contributed by atoms with Crippen molar-refractivity contribution in [3.63, 3.8) is 0 Å². The molecule has 0 spiro atoms. The Balaban J connectivity index is 1.70. The Morgan fingerprint density at radius 2 is 1.96 bits per heavy atom. The van der Waals surface area contributed by atoms with Crippen LogP contribution in [-0.2, 0) is 0 Å². The Morgan fingerprint density at radius 1 is 1.30 bits per heavy atom. The predicted molar refractivity (Wildman–Crippen MR) is 89.1 cm³/mol. The van der Waals surface area contributed by atoms with E-state index in [1.54, 1.807) is 12.1 Å². The van der Waals surface area contributed by atoms with Gasteiger partial charge >= 0.3 is 0 Å². The van der Waals surface area contributed by atoms with Gasteiger partial charge in [-0.2, -0.15) is 0 Å². The molecule has 1 N–H and O–H groups in total. The fourth-order valence-electron chi connectivity index (χ4n) is 3.13. The van der Waals surface area contributed by atoms with Gasteiger partial charge in [0.05, 0.1) is 0 Å². The molecular formula is C18H27FN2O2. The van der Waals surface area contributed by atoms with Gasteiger partial charge in [0.1, 0.15) is 5.82 Å². The number of nitrogens with zero attached hydrogens (tertiary/aromatic N) is 2. The third kappa shape index (κ3) is 5.68. The third-order valence-electron chi connectivity index (χ3n) is 4.67. The summed E-state index contributed by atoms with van der Waals surface area (Å²) in [5.41, 5.74) is 0.588. The van der Waals surface area contributed by atoms with Crippen molar-refractivity contribution < 1.29 is 14.3 Å². The van der Waals surface area contributed by atoms with Crippen molar-refractivity contribution in [2.75, 3.05) is 39.8 Å². The lowest BCUT2D eigenvalue weighted by molar-refractivity contribution is 0.0925. The number of hydrogen-bond acceptors (Lipinski definition) is 4. The van der Waals surface area contributed by atoms with Gasteiger partial charge in [0.2, 0.25) is 0 Å². The minimum atomic E-state index is -0.311. The molecule has 0 unspecified atom stereocenters. The van der Waals surface area contributed by atoms with E-state index in [1.807, 2.05) is 0 Å². The van der Waals surface area contributed by atoms with Gasteiger partial charge in [-0.05, 0) is 63.7 Å². The number of aliphatic hydroxyl groups excluding tert-OH is 1. The maximum atomic E-state index is 12.9. The maximum absolute atomic E-state index is 12.9. The second kappa shape index (κ2) is 9.11. The maximum Gasteiger partial charge on any atom is 0.164 e. The molecule has 0 atom stereocenters. The van der Waals surface area contributed by atoms with E-state index in [1.165, 1.54) is 12.1 Å². The second-order valence-corrected chi connectivity index (χ2v) is 6.31. The van der Waals surface area contributed by atoms with Crippen LogP contribution in [0.1, 0.15) is 36.0 Å². The third-order valence-corrected chi connectivity index (χ3v) is 4.67. The van der Waals surface area contributed by atoms with E-state index < -0.39 is 0 Å². The first-order valence-corrected chi connectivity index (χ1v) is 8.42. The van der Waals surface area contributed by atoms with E-state index in [4.69, 9.17) is 5.11 Å². The molecule has 0 aromatic heterocycles. The average molecular weight is 322 g/mol. The lowest BCUT2D eigenvalue weighted by Crippen LogP contribution is -2.44. The highest BCUT2D eigenvalue weighted by atomic mass is 19.1. The number of carbonyl (C=O) groups excluding carboxylic acids is 1. The molecule has 1 aliphatic heterocycles. The highest BCUT2D eigenvalue weighted by Gasteiger charge is 2.22. The van der Waals surface area contributed by atoms with Crippen molar-refractivity contribution in [2.45, 2.75) is 31.7 Å². The summed E-state index contributed by atoms with van der Waals surface area (Å²) in [7, 11) is 2.12. The number of benzene rings is 1. The van der Waals surface area contributed by atoms with E-state index >= 15 is 0 Å². The van der Waals surface area contributed by atoms with Crippen LogP contribution in [0.5, 0.6) is 0 Å². The number of hydrogen-bond donors (Lipinski definition) is 1. The molecule has 1 saturated heterocycles. The molecule has 1 fully saturated rings. The zero-order chi connectivity index (χ0) is 16.7. The van der Waals surface area contributed by atoms with Gasteiger partial charge < -0.3 is 14.9 Å². The Kier molecular flexibility index (Phi) is 7.15. The van der Waals surface area contributed by atoms with E-state index in [2.05, 4.69) is 16.8 Å². The van der Waals surface area contributed by atoms with Crippen LogP contribution in [0, 0.1) is 5.82 Å². The van der Waals surface area contributed by atoms with Gasteiger partial charge in [0.15, 0.2) is 5.78 Å². The van der Waals surface area contributed by atoms with E-state index in [-0.39, 0.29) is 18.2 Å². The van der Waals surface area contributed by atoms with Crippen molar-refractivity contribution in [1.29, 1.82) is 0 Å². The molecule has 23 heavy (non-hydrogen) atoms. The fraction of sp³-hybridized carbons (Fsp3) is 0.611. The van der Waals surface area contributed by atoms with E-state index in [0.29, 0.717) is 18.0 Å². The molecule has 0 aliphatic carbocycles. The van der Waals surface area contributed by atoms with Crippen LogP contribution in [0.15, 0.2) is 24.3 Å². The first kappa shape index (κ1) is 18.0. The molecule has 5 heteroatoms. The molecular weight excluding hydrogens is 295 g/mol. The summed E-state index contributed by atoms with van der Waals surface area (Å²) < 4.78 is 12.9. The SMILES string of the molecule is CN(CCCO)C1CCN(CCC(=O)c2ccc(F)cc2)CC1. The molecule has 4 nitrogen and oxygen atoms in total. The zero-order valence-corrected chi connectivity index (χ0v) is 13.9. The van der Waals surface area contributed by atoms with Crippen LogP contribution in [0.25, 0.3) is 0 Å². The van der Waals surface area contributed by atoms with Gasteiger partial charge in [-0.3, -0.25) is 4.79 Å². The average Bonchev–Trinajstić information content (AvgIpc) is 2.58. The molecule has 0 bridgehead atoms. The Morgan fingerprint density at radius 3 is 2.57 bits per heavy atom. The van der Waals surface area contributed by atoms with Crippen LogP contribution in [-0.4, -0.2) is 66.6 Å². The molecule has 1 heterocycles. The lowest BCUT2D eigenvalue weighted by Gasteiger charge is -2.36. The normalized spacial score (nSPS) is 16.9. The van der Waals surface area contributed by atoms with Gasteiger partial charge in [0.25, 0.3) is 0 Å². The van der Waals surface area contributed by atoms with Gasteiger partial charge in [-0.25, -0.2) is 4.39 Å². The van der Waals surface area contributed by atoms with Gasteiger partial charge in [-0.15, -0.1) is 0 Å². The van der Waals surface area contributed by atoms with E-state index in [9.17, 15) is 9.18 Å². The molecule has 2 rings (SSSR count). The molecule has 128 valence electrons. The quantitative estimate of drug-likeness (QED) is 0.745. The number of ketones is 1. The molecule has 0 saturated carbocycles. The monoisotopic (exact) mass is 322 g/mol. The largest absolute Gasteiger partial charge is 0.396 e. The summed E-state index contributed by atoms with van der Waals surface area (Å²) in [6.45, 7) is 3.96. The van der Waals surface area contributed by atoms with Crippen molar-refractivity contribution in [1.82, 2.24) is 9.80 Å². The number of piperidine rings is 1. The minimum absolute atomic E-state index is 0.0761. The van der Waals surface area contributed by atoms with Crippen LogP contribution < -0.4 is 0 Å². The number of aliphatic hydroxyl groups is 1. The van der Waals surface area contributed by atoms with Crippen molar-refractivity contribution in [3.05, 3.63) is 35.6 Å². The summed E-state index contributed by atoms with van der Waals surface area (Å²) in [4.78, 5) is 16.8. The van der Waals surface area contributed by atoms with Crippen molar-refractivity contribution in [3.8, 4) is 0 Å². The Hall–Kier alpha value is -1.30. The van der Waals surface area contributed by atoms with Gasteiger partial charge in [-0.1, -0.05) is 0 Å². The number of halogens is 1. The van der Waals surface area contributed by atoms with Gasteiger partial charge in [0, 0.05) is 37.7 Å². The number of carbonyl (C=O) groups is 1. The number of likely N-dealkylation sites (tertiary alicyclic amines) is 1. The standard InChI is InChI=1S/C18H27FN2O2/c1-20(10-2-14-22)17-7-11-21(12-8-17)13-9-18(23)15-3-5-16(19)6-4-15/h3-6,17,22H,2,7-14H2,1H3. The van der Waals surface area contributed by atoms with Crippen LogP contribution in [0.3, 0.4) is 0 Å². The summed E-state index contributed by atoms with van der Waals surface area (Å²) in [5, 5.41) is 8.90. The molecule has 0 amide bonds. The molecule has 1 aromatic rings. The van der Waals surface area contributed by atoms with Crippen molar-refractivity contribution >= 4 is 5.78 Å². The fourth-order valence-corrected chi connectivity index (χ4v) is 3.13. The van der Waals surface area contributed by atoms with Crippen molar-refractivity contribution in [2.24, 2.45) is 0 Å². The smallest absolute Gasteiger partial charge is 0.164 e. The topological polar surface area (TPSA) is 43.8 Å². The highest BCUT2D eigenvalue weighted by Crippen LogP contribution is 2.16. The van der Waals surface area contributed by atoms with E-state index in [0.717, 1.165) is 45.4 Å². The molecule has 1 aromatic carbocycles. The summed E-state index contributed by atoms with van der Waals surface area (Å²) in [5.74, 6) is -0.235. The highest BCUT2D eigenvalue weighted by molar-refractivity contribution is 5.96. The minimum Gasteiger partial charge on any atom is -0.396 e. The predicted octanol–water partition coefficient (Wildman–Crippen LogP) is 2.18. The summed E-state index contributed by atoms with van der Waals surface area (Å²) >= 11 is 0. The number of Topliss-reactive ketones (excluding diaryl/α,β-unsaturated/α-hetero) is 1. The molecule has 0 radical (unpaired) electrons. The summed E-state index contributed by atoms with van der Waals surface area (Å²) in [6.07, 6.45) is 3.51. The second-order valence-electron chi connectivity index (χ2n) is 6.31. The van der Waals surface area contributed by atoms with Crippen LogP contribution in [0.2, 0.25) is 0 Å². The first-order valence-electron chi connectivity index (χ1n) is 8.42. The summed E-state index contributed by atoms with van der Waals surface area (Å²) in [6, 6.07) is 6.35. The first-order chi connectivity index (χ1) is 11.1. The van der Waals surface area contributed by atoms with Crippen LogP contribution in [0.4, 0.5) is 4.39 Å². The van der Waals surface area contributed by atoms with Crippen LogP contribution >= 0.6 is 0 Å². The Labute approximate surface area is 137 Å².